The minimum Gasteiger partial charge on any atom is -0.299 e. The van der Waals surface area contributed by atoms with Gasteiger partial charge in [0.25, 0.3) is 0 Å². The van der Waals surface area contributed by atoms with Crippen LogP contribution in [-0.2, 0) is 4.79 Å². The topological polar surface area (TPSA) is 17.1 Å². The maximum Gasteiger partial charge on any atom is 0.136 e. The minimum atomic E-state index is 0.263. The van der Waals surface area contributed by atoms with Crippen molar-refractivity contribution in [2.45, 2.75) is 113 Å². The number of hydrogen-bond acceptors (Lipinski definition) is 1. The van der Waals surface area contributed by atoms with Crippen LogP contribution in [0.3, 0.4) is 0 Å². The molecular weight excluding hydrogens is 376 g/mol. The number of carbonyl (C=O) groups is 1. The van der Waals surface area contributed by atoms with E-state index in [2.05, 4.69) is 55.0 Å². The molecule has 1 nitrogen and oxygen atoms in total. The second kappa shape index (κ2) is 7.88. The van der Waals surface area contributed by atoms with Crippen LogP contribution in [0.1, 0.15) is 113 Å². The summed E-state index contributed by atoms with van der Waals surface area (Å²) in [5.74, 6) is 3.60. The van der Waals surface area contributed by atoms with Crippen molar-refractivity contribution in [1.82, 2.24) is 0 Å². The number of Topliss-reactive ketones (excluding diaryl/α,β-unsaturated/α-hetero) is 1. The highest BCUT2D eigenvalue weighted by Crippen LogP contribution is 2.71. The molecular formula is C30H48O. The first kappa shape index (κ1) is 23.3. The van der Waals surface area contributed by atoms with Crippen molar-refractivity contribution in [3.05, 3.63) is 23.3 Å². The third-order valence-corrected chi connectivity index (χ3v) is 11.6. The number of fused-ring (bicyclic) bond motifs is 4. The lowest BCUT2D eigenvalue weighted by molar-refractivity contribution is -0.130. The smallest absolute Gasteiger partial charge is 0.136 e. The van der Waals surface area contributed by atoms with Crippen LogP contribution in [0, 0.1) is 45.8 Å². The maximum absolute atomic E-state index is 12.5. The third kappa shape index (κ3) is 3.34. The van der Waals surface area contributed by atoms with E-state index in [-0.39, 0.29) is 11.3 Å². The highest BCUT2D eigenvalue weighted by molar-refractivity contribution is 5.82. The zero-order valence-corrected chi connectivity index (χ0v) is 21.6. The molecule has 0 aromatic carbocycles. The van der Waals surface area contributed by atoms with Crippen molar-refractivity contribution in [2.24, 2.45) is 45.8 Å². The van der Waals surface area contributed by atoms with Gasteiger partial charge in [-0.3, -0.25) is 4.79 Å². The van der Waals surface area contributed by atoms with Crippen molar-refractivity contribution in [3.63, 3.8) is 0 Å². The number of ketones is 1. The van der Waals surface area contributed by atoms with Crippen LogP contribution in [0.2, 0.25) is 0 Å². The minimum absolute atomic E-state index is 0.263. The van der Waals surface area contributed by atoms with Gasteiger partial charge in [-0.1, -0.05) is 71.8 Å². The lowest BCUT2D eigenvalue weighted by atomic mass is 9.45. The van der Waals surface area contributed by atoms with Gasteiger partial charge >= 0.3 is 0 Å². The third-order valence-electron chi connectivity index (χ3n) is 11.6. The Morgan fingerprint density at radius 1 is 1.00 bits per heavy atom. The van der Waals surface area contributed by atoms with Gasteiger partial charge in [0, 0.05) is 12.3 Å². The summed E-state index contributed by atoms with van der Waals surface area (Å²) in [6, 6.07) is 0. The van der Waals surface area contributed by atoms with Gasteiger partial charge in [0.05, 0.1) is 0 Å². The average Bonchev–Trinajstić information content (AvgIpc) is 3.00. The molecule has 0 unspecified atom stereocenters. The van der Waals surface area contributed by atoms with Crippen molar-refractivity contribution in [1.29, 1.82) is 0 Å². The van der Waals surface area contributed by atoms with Gasteiger partial charge in [0.1, 0.15) is 5.78 Å². The maximum atomic E-state index is 12.5. The van der Waals surface area contributed by atoms with E-state index >= 15 is 0 Å². The van der Waals surface area contributed by atoms with Gasteiger partial charge in [-0.2, -0.15) is 0 Å². The molecule has 2 fully saturated rings. The molecule has 0 heterocycles. The summed E-state index contributed by atoms with van der Waals surface area (Å²) in [5.41, 5.74) is 6.17. The fraction of sp³-hybridized carbons (Fsp3) is 0.833. The van der Waals surface area contributed by atoms with Crippen molar-refractivity contribution in [3.8, 4) is 0 Å². The van der Waals surface area contributed by atoms with E-state index in [1.165, 1.54) is 56.9 Å². The molecule has 0 bridgehead atoms. The highest BCUT2D eigenvalue weighted by Gasteiger charge is 2.62. The molecule has 0 spiro atoms. The Labute approximate surface area is 192 Å². The molecule has 0 aromatic heterocycles. The van der Waals surface area contributed by atoms with Crippen LogP contribution in [-0.4, -0.2) is 5.78 Å². The Bertz CT molecular complexity index is 786. The van der Waals surface area contributed by atoms with Crippen LogP contribution < -0.4 is 0 Å². The van der Waals surface area contributed by atoms with Gasteiger partial charge in [-0.05, 0) is 97.7 Å². The summed E-state index contributed by atoms with van der Waals surface area (Å²) >= 11 is 0. The quantitative estimate of drug-likeness (QED) is 0.404. The van der Waals surface area contributed by atoms with E-state index in [0.717, 1.165) is 24.7 Å². The first-order valence-corrected chi connectivity index (χ1v) is 13.4. The van der Waals surface area contributed by atoms with Crippen molar-refractivity contribution < 1.29 is 4.79 Å². The largest absolute Gasteiger partial charge is 0.299 e. The van der Waals surface area contributed by atoms with E-state index in [4.69, 9.17) is 0 Å². The Kier molecular flexibility index (Phi) is 5.92. The van der Waals surface area contributed by atoms with Crippen LogP contribution in [0.15, 0.2) is 23.3 Å². The molecule has 31 heavy (non-hydrogen) atoms. The van der Waals surface area contributed by atoms with E-state index in [0.29, 0.717) is 28.4 Å². The monoisotopic (exact) mass is 424 g/mol. The molecule has 0 aromatic rings. The van der Waals surface area contributed by atoms with Crippen LogP contribution in [0.4, 0.5) is 0 Å². The average molecular weight is 425 g/mol. The predicted octanol–water partition coefficient (Wildman–Crippen LogP) is 8.54. The van der Waals surface area contributed by atoms with Gasteiger partial charge < -0.3 is 0 Å². The first-order chi connectivity index (χ1) is 14.5. The van der Waals surface area contributed by atoms with Crippen LogP contribution in [0.25, 0.3) is 0 Å². The predicted molar refractivity (Wildman–Crippen MR) is 132 cm³/mol. The first-order valence-electron chi connectivity index (χ1n) is 13.4. The van der Waals surface area contributed by atoms with E-state index in [1.807, 2.05) is 11.1 Å². The fourth-order valence-electron chi connectivity index (χ4n) is 8.97. The molecule has 0 aliphatic heterocycles. The Morgan fingerprint density at radius 3 is 2.39 bits per heavy atom. The molecule has 4 aliphatic rings. The molecule has 4 aliphatic carbocycles. The zero-order valence-electron chi connectivity index (χ0n) is 21.6. The molecule has 4 rings (SSSR count). The van der Waals surface area contributed by atoms with Crippen LogP contribution in [0.5, 0.6) is 0 Å². The van der Waals surface area contributed by atoms with Gasteiger partial charge in [0.2, 0.25) is 0 Å². The zero-order chi connectivity index (χ0) is 22.8. The van der Waals surface area contributed by atoms with Gasteiger partial charge in [0.15, 0.2) is 0 Å². The Hall–Kier alpha value is -0.850. The molecule has 0 saturated heterocycles. The Morgan fingerprint density at radius 2 is 1.71 bits per heavy atom. The molecule has 0 N–H and O–H groups in total. The summed E-state index contributed by atoms with van der Waals surface area (Å²) in [6.07, 6.45) is 12.3. The Balaban J connectivity index is 1.61. The van der Waals surface area contributed by atoms with Gasteiger partial charge in [-0.15, -0.1) is 0 Å². The highest BCUT2D eigenvalue weighted by atomic mass is 16.1. The normalized spacial score (nSPS) is 43.5. The summed E-state index contributed by atoms with van der Waals surface area (Å²) in [6.45, 7) is 21.5. The van der Waals surface area contributed by atoms with E-state index in [1.54, 1.807) is 0 Å². The van der Waals surface area contributed by atoms with E-state index in [9.17, 15) is 4.79 Å². The molecule has 174 valence electrons. The molecule has 0 amide bonds. The molecule has 1 heteroatoms. The van der Waals surface area contributed by atoms with Crippen molar-refractivity contribution >= 4 is 5.78 Å². The summed E-state index contributed by atoms with van der Waals surface area (Å²) < 4.78 is 0. The summed E-state index contributed by atoms with van der Waals surface area (Å²) in [7, 11) is 0. The number of allylic oxidation sites excluding steroid dienone is 3. The lowest BCUT2D eigenvalue weighted by Crippen LogP contribution is -2.50. The second-order valence-electron chi connectivity index (χ2n) is 13.0. The standard InChI is InChI=1S/C30H48O/c1-19(2)20(3)9-10-21(4)23-13-17-30(8)26-12-11-24-22(5)27(31)15-16-28(24,6)25(26)14-18-29(23,30)7/h19,21-24H,3,9-18H2,1-2,4-8H3/t21-,22+,23-,24+,28+,29-,30+/m1/s1. The fourth-order valence-corrected chi connectivity index (χ4v) is 8.97. The van der Waals surface area contributed by atoms with E-state index < -0.39 is 0 Å². The molecule has 2 saturated carbocycles. The van der Waals surface area contributed by atoms with Crippen LogP contribution >= 0.6 is 0 Å². The van der Waals surface area contributed by atoms with Crippen molar-refractivity contribution in [2.75, 3.05) is 0 Å². The second-order valence-corrected chi connectivity index (χ2v) is 13.0. The molecule has 7 atom stereocenters. The number of carbonyl (C=O) groups excluding carboxylic acids is 1. The van der Waals surface area contributed by atoms with Gasteiger partial charge in [-0.25, -0.2) is 0 Å². The number of hydrogen-bond donors (Lipinski definition) is 0. The summed E-state index contributed by atoms with van der Waals surface area (Å²) in [5, 5.41) is 0. The summed E-state index contributed by atoms with van der Waals surface area (Å²) in [4.78, 5) is 12.5. The number of rotatable bonds is 5. The SMILES string of the molecule is C=C(CC[C@@H](C)[C@H]1CC[C@@]2(C)C3=C(CC[C@]12C)[C@@]1(C)CCC(=O)[C@@H](C)[C@@H]1CC3)C(C)C. The lowest BCUT2D eigenvalue weighted by Gasteiger charge is -2.59. The molecule has 0 radical (unpaired) electrons.